The van der Waals surface area contributed by atoms with Crippen LogP contribution in [-0.2, 0) is 0 Å². The van der Waals surface area contributed by atoms with Crippen molar-refractivity contribution in [2.24, 2.45) is 0 Å². The van der Waals surface area contributed by atoms with E-state index in [1.165, 1.54) is 0 Å². The molecule has 3 rings (SSSR count). The molecule has 0 saturated carbocycles. The number of ether oxygens (including phenoxy) is 2. The standard InChI is InChI=1S/C22H24N4O3/c1-4-28-17-12-10-16(11-13-17)25-22(27)19-14-21(24-15(3)23-19)26-18-8-6-7-9-20(18)29-5-2/h6-14H,4-5H2,1-3H3,(H,25,27)(H,23,24,26). The lowest BCUT2D eigenvalue weighted by atomic mass is 10.2. The van der Waals surface area contributed by atoms with E-state index in [0.717, 1.165) is 11.4 Å². The lowest BCUT2D eigenvalue weighted by Crippen LogP contribution is -2.15. The fourth-order valence-corrected chi connectivity index (χ4v) is 2.73. The minimum absolute atomic E-state index is 0.266. The van der Waals surface area contributed by atoms with Crippen LogP contribution in [0.4, 0.5) is 17.2 Å². The highest BCUT2D eigenvalue weighted by atomic mass is 16.5. The summed E-state index contributed by atoms with van der Waals surface area (Å²) in [5.74, 6) is 2.15. The van der Waals surface area contributed by atoms with Gasteiger partial charge in [-0.1, -0.05) is 12.1 Å². The molecule has 3 aromatic rings. The van der Waals surface area contributed by atoms with E-state index in [4.69, 9.17) is 9.47 Å². The van der Waals surface area contributed by atoms with E-state index in [0.29, 0.717) is 36.3 Å². The molecule has 2 N–H and O–H groups in total. The Bertz CT molecular complexity index is 974. The summed E-state index contributed by atoms with van der Waals surface area (Å²) >= 11 is 0. The van der Waals surface area contributed by atoms with Gasteiger partial charge in [-0.2, -0.15) is 0 Å². The summed E-state index contributed by atoms with van der Waals surface area (Å²) in [7, 11) is 0. The lowest BCUT2D eigenvalue weighted by Gasteiger charge is -2.13. The Kier molecular flexibility index (Phi) is 6.63. The molecule has 0 unspecified atom stereocenters. The smallest absolute Gasteiger partial charge is 0.274 e. The molecule has 7 nitrogen and oxygen atoms in total. The van der Waals surface area contributed by atoms with Gasteiger partial charge in [-0.25, -0.2) is 9.97 Å². The highest BCUT2D eigenvalue weighted by molar-refractivity contribution is 6.03. The number of nitrogens with one attached hydrogen (secondary N) is 2. The van der Waals surface area contributed by atoms with Crippen LogP contribution >= 0.6 is 0 Å². The highest BCUT2D eigenvalue weighted by Gasteiger charge is 2.12. The maximum Gasteiger partial charge on any atom is 0.274 e. The number of rotatable bonds is 8. The number of hydrogen-bond donors (Lipinski definition) is 2. The van der Waals surface area contributed by atoms with Gasteiger partial charge in [0.25, 0.3) is 5.91 Å². The molecule has 0 atom stereocenters. The van der Waals surface area contributed by atoms with Crippen LogP contribution in [0.2, 0.25) is 0 Å². The Morgan fingerprint density at radius 1 is 0.966 bits per heavy atom. The summed E-state index contributed by atoms with van der Waals surface area (Å²) < 4.78 is 11.0. The van der Waals surface area contributed by atoms with Crippen LogP contribution in [0.5, 0.6) is 11.5 Å². The van der Waals surface area contributed by atoms with E-state index < -0.39 is 0 Å². The number of carbonyl (C=O) groups is 1. The third-order valence-electron chi connectivity index (χ3n) is 3.94. The minimum Gasteiger partial charge on any atom is -0.494 e. The molecule has 0 aliphatic heterocycles. The van der Waals surface area contributed by atoms with E-state index in [9.17, 15) is 4.79 Å². The number of amides is 1. The first-order valence-electron chi connectivity index (χ1n) is 9.47. The maximum atomic E-state index is 12.7. The van der Waals surface area contributed by atoms with Crippen molar-refractivity contribution in [2.75, 3.05) is 23.8 Å². The zero-order valence-electron chi connectivity index (χ0n) is 16.7. The summed E-state index contributed by atoms with van der Waals surface area (Å²) in [6.45, 7) is 6.74. The number of aromatic nitrogens is 2. The van der Waals surface area contributed by atoms with Crippen LogP contribution in [0, 0.1) is 6.92 Å². The monoisotopic (exact) mass is 392 g/mol. The van der Waals surface area contributed by atoms with Gasteiger partial charge in [0.2, 0.25) is 0 Å². The van der Waals surface area contributed by atoms with Crippen LogP contribution in [0.25, 0.3) is 0 Å². The first-order valence-corrected chi connectivity index (χ1v) is 9.47. The first kappa shape index (κ1) is 20.1. The number of aryl methyl sites for hydroxylation is 1. The van der Waals surface area contributed by atoms with Gasteiger partial charge >= 0.3 is 0 Å². The summed E-state index contributed by atoms with van der Waals surface area (Å²) in [5.41, 5.74) is 1.69. The van der Waals surface area contributed by atoms with Gasteiger partial charge < -0.3 is 20.1 Å². The van der Waals surface area contributed by atoms with Gasteiger partial charge in [-0.15, -0.1) is 0 Å². The zero-order valence-corrected chi connectivity index (χ0v) is 16.7. The molecule has 1 aromatic heterocycles. The summed E-state index contributed by atoms with van der Waals surface area (Å²) in [6.07, 6.45) is 0. The molecule has 150 valence electrons. The molecule has 0 radical (unpaired) electrons. The third-order valence-corrected chi connectivity index (χ3v) is 3.94. The van der Waals surface area contributed by atoms with E-state index >= 15 is 0 Å². The highest BCUT2D eigenvalue weighted by Crippen LogP contribution is 2.27. The van der Waals surface area contributed by atoms with Gasteiger partial charge in [0.1, 0.15) is 28.8 Å². The predicted octanol–water partition coefficient (Wildman–Crippen LogP) is 4.58. The average molecular weight is 392 g/mol. The molecule has 0 bridgehead atoms. The Morgan fingerprint density at radius 2 is 1.69 bits per heavy atom. The van der Waals surface area contributed by atoms with E-state index in [2.05, 4.69) is 20.6 Å². The molecule has 2 aromatic carbocycles. The Balaban J connectivity index is 1.77. The molecule has 29 heavy (non-hydrogen) atoms. The van der Waals surface area contributed by atoms with Gasteiger partial charge in [-0.3, -0.25) is 4.79 Å². The normalized spacial score (nSPS) is 10.3. The van der Waals surface area contributed by atoms with Gasteiger partial charge in [0.05, 0.1) is 18.9 Å². The van der Waals surface area contributed by atoms with Crippen LogP contribution in [0.1, 0.15) is 30.2 Å². The summed E-state index contributed by atoms with van der Waals surface area (Å²) in [4.78, 5) is 21.3. The molecule has 1 amide bonds. The molecule has 0 fully saturated rings. The van der Waals surface area contributed by atoms with Gasteiger partial charge in [0, 0.05) is 11.8 Å². The second-order valence-electron chi connectivity index (χ2n) is 6.15. The Labute approximate surface area is 170 Å². The van der Waals surface area contributed by atoms with Gasteiger partial charge in [-0.05, 0) is 57.2 Å². The number of benzene rings is 2. The summed E-state index contributed by atoms with van der Waals surface area (Å²) in [5, 5.41) is 6.05. The molecule has 0 aliphatic rings. The van der Waals surface area contributed by atoms with Crippen molar-refractivity contribution in [3.8, 4) is 11.5 Å². The van der Waals surface area contributed by atoms with Crippen molar-refractivity contribution in [1.82, 2.24) is 9.97 Å². The molecule has 1 heterocycles. The molecular weight excluding hydrogens is 368 g/mol. The number of para-hydroxylation sites is 2. The molecule has 7 heteroatoms. The third kappa shape index (κ3) is 5.44. The van der Waals surface area contributed by atoms with Crippen molar-refractivity contribution >= 4 is 23.1 Å². The van der Waals surface area contributed by atoms with E-state index in [1.807, 2.05) is 50.2 Å². The second kappa shape index (κ2) is 9.54. The molecular formula is C22H24N4O3. The molecule has 0 saturated heterocycles. The van der Waals surface area contributed by atoms with Crippen molar-refractivity contribution in [3.05, 3.63) is 66.1 Å². The topological polar surface area (TPSA) is 85.4 Å². The largest absolute Gasteiger partial charge is 0.494 e. The van der Waals surface area contributed by atoms with Crippen molar-refractivity contribution < 1.29 is 14.3 Å². The number of nitrogens with zero attached hydrogens (tertiary/aromatic N) is 2. The fraction of sp³-hybridized carbons (Fsp3) is 0.227. The predicted molar refractivity (Wildman–Crippen MR) is 113 cm³/mol. The van der Waals surface area contributed by atoms with Crippen LogP contribution in [0.15, 0.2) is 54.6 Å². The quantitative estimate of drug-likeness (QED) is 0.584. The van der Waals surface area contributed by atoms with Crippen molar-refractivity contribution in [1.29, 1.82) is 0 Å². The summed E-state index contributed by atoms with van der Waals surface area (Å²) in [6, 6.07) is 16.4. The average Bonchev–Trinajstić information content (AvgIpc) is 2.71. The molecule has 0 aliphatic carbocycles. The Morgan fingerprint density at radius 3 is 2.41 bits per heavy atom. The number of hydrogen-bond acceptors (Lipinski definition) is 6. The van der Waals surface area contributed by atoms with Crippen LogP contribution in [-0.4, -0.2) is 29.1 Å². The number of carbonyl (C=O) groups excluding carboxylic acids is 1. The molecule has 0 spiro atoms. The van der Waals surface area contributed by atoms with Crippen LogP contribution < -0.4 is 20.1 Å². The van der Waals surface area contributed by atoms with Crippen molar-refractivity contribution in [3.63, 3.8) is 0 Å². The Hall–Kier alpha value is -3.61. The number of anilines is 3. The lowest BCUT2D eigenvalue weighted by molar-refractivity contribution is 0.102. The zero-order chi connectivity index (χ0) is 20.6. The van der Waals surface area contributed by atoms with E-state index in [-0.39, 0.29) is 11.6 Å². The minimum atomic E-state index is -0.319. The fourth-order valence-electron chi connectivity index (χ4n) is 2.73. The first-order chi connectivity index (χ1) is 14.1. The SMILES string of the molecule is CCOc1ccc(NC(=O)c2cc(Nc3ccccc3OCC)nc(C)n2)cc1. The second-order valence-corrected chi connectivity index (χ2v) is 6.15. The van der Waals surface area contributed by atoms with Crippen LogP contribution in [0.3, 0.4) is 0 Å². The van der Waals surface area contributed by atoms with E-state index in [1.54, 1.807) is 25.1 Å². The van der Waals surface area contributed by atoms with Crippen molar-refractivity contribution in [2.45, 2.75) is 20.8 Å². The van der Waals surface area contributed by atoms with Gasteiger partial charge in [0.15, 0.2) is 0 Å². The maximum absolute atomic E-state index is 12.7.